The Labute approximate surface area is 146 Å². The molecule has 0 spiro atoms. The number of nitrogens with one attached hydrogen (secondary N) is 1. The van der Waals surface area contributed by atoms with Crippen molar-refractivity contribution in [1.29, 1.82) is 0 Å². The van der Waals surface area contributed by atoms with Crippen LogP contribution in [0.1, 0.15) is 37.2 Å². The van der Waals surface area contributed by atoms with E-state index in [1.54, 1.807) is 12.1 Å². The smallest absolute Gasteiger partial charge is 0.406 e. The van der Waals surface area contributed by atoms with Crippen LogP contribution in [0.3, 0.4) is 0 Å². The van der Waals surface area contributed by atoms with E-state index in [2.05, 4.69) is 15.0 Å². The fraction of sp³-hybridized carbons (Fsp3) is 0.667. The number of benzene rings is 1. The second-order valence-corrected chi connectivity index (χ2v) is 7.03. The van der Waals surface area contributed by atoms with Gasteiger partial charge in [0.25, 0.3) is 0 Å². The summed E-state index contributed by atoms with van der Waals surface area (Å²) in [5, 5.41) is 14.4. The third-order valence-corrected chi connectivity index (χ3v) is 5.26. The highest BCUT2D eigenvalue weighted by Gasteiger charge is 2.41. The molecule has 1 aliphatic heterocycles. The number of nitrogens with zero attached hydrogens (tertiary/aromatic N) is 1. The van der Waals surface area contributed by atoms with Crippen LogP contribution in [0.5, 0.6) is 5.75 Å². The molecule has 0 amide bonds. The van der Waals surface area contributed by atoms with E-state index in [0.717, 1.165) is 39.0 Å². The van der Waals surface area contributed by atoms with Gasteiger partial charge in [-0.05, 0) is 30.5 Å². The molecule has 140 valence electrons. The van der Waals surface area contributed by atoms with E-state index in [9.17, 15) is 18.3 Å². The Morgan fingerprint density at radius 2 is 1.88 bits per heavy atom. The van der Waals surface area contributed by atoms with Crippen molar-refractivity contribution in [3.8, 4) is 5.75 Å². The maximum absolute atomic E-state index is 12.5. The quantitative estimate of drug-likeness (QED) is 0.850. The van der Waals surface area contributed by atoms with Gasteiger partial charge in [-0.2, -0.15) is 0 Å². The Bertz CT molecular complexity index is 568. The highest BCUT2D eigenvalue weighted by atomic mass is 19.4. The van der Waals surface area contributed by atoms with Crippen LogP contribution >= 0.6 is 0 Å². The van der Waals surface area contributed by atoms with Crippen molar-refractivity contribution in [3.05, 3.63) is 29.8 Å². The molecule has 1 saturated carbocycles. The highest BCUT2D eigenvalue weighted by Crippen LogP contribution is 2.42. The summed E-state index contributed by atoms with van der Waals surface area (Å²) in [6.07, 6.45) is -1.43. The van der Waals surface area contributed by atoms with Crippen LogP contribution in [-0.4, -0.2) is 54.7 Å². The number of rotatable bonds is 5. The second-order valence-electron chi connectivity index (χ2n) is 7.03. The maximum atomic E-state index is 12.5. The number of ether oxygens (including phenoxy) is 1. The Morgan fingerprint density at radius 1 is 1.20 bits per heavy atom. The van der Waals surface area contributed by atoms with Crippen molar-refractivity contribution in [2.45, 2.75) is 43.6 Å². The minimum atomic E-state index is -4.71. The molecule has 1 unspecified atom stereocenters. The molecule has 0 bridgehead atoms. The third-order valence-electron chi connectivity index (χ3n) is 5.26. The lowest BCUT2D eigenvalue weighted by Gasteiger charge is -2.38. The van der Waals surface area contributed by atoms with Gasteiger partial charge < -0.3 is 20.1 Å². The van der Waals surface area contributed by atoms with Crippen LogP contribution in [0, 0.1) is 0 Å². The van der Waals surface area contributed by atoms with Gasteiger partial charge >= 0.3 is 6.36 Å². The van der Waals surface area contributed by atoms with Crippen LogP contribution in [0.25, 0.3) is 0 Å². The average molecular weight is 358 g/mol. The van der Waals surface area contributed by atoms with Crippen LogP contribution in [0.15, 0.2) is 24.3 Å². The molecule has 25 heavy (non-hydrogen) atoms. The number of alkyl halides is 3. The standard InChI is InChI=1S/C18H25F3N2O2/c19-18(20,21)25-15-5-3-4-14(12-15)16(17(24)6-1-2-7-17)13-23-10-8-22-9-11-23/h3-5,12,16,22,24H,1-2,6-11,13H2. The molecule has 2 N–H and O–H groups in total. The van der Waals surface area contributed by atoms with E-state index in [-0.39, 0.29) is 11.7 Å². The molecule has 0 radical (unpaired) electrons. The first-order valence-corrected chi connectivity index (χ1v) is 8.87. The van der Waals surface area contributed by atoms with E-state index in [1.165, 1.54) is 12.1 Å². The molecule has 1 heterocycles. The van der Waals surface area contributed by atoms with Gasteiger partial charge in [-0.1, -0.05) is 25.0 Å². The number of halogens is 3. The van der Waals surface area contributed by atoms with Crippen LogP contribution < -0.4 is 10.1 Å². The Balaban J connectivity index is 1.84. The zero-order chi connectivity index (χ0) is 17.9. The molecule has 4 nitrogen and oxygen atoms in total. The normalized spacial score (nSPS) is 22.7. The monoisotopic (exact) mass is 358 g/mol. The Hall–Kier alpha value is -1.31. The minimum Gasteiger partial charge on any atom is -0.406 e. The van der Waals surface area contributed by atoms with E-state index in [4.69, 9.17) is 0 Å². The van der Waals surface area contributed by atoms with Gasteiger partial charge in [-0.25, -0.2) is 0 Å². The van der Waals surface area contributed by atoms with Crippen LogP contribution in [0.4, 0.5) is 13.2 Å². The number of aliphatic hydroxyl groups is 1. The lowest BCUT2D eigenvalue weighted by molar-refractivity contribution is -0.274. The SMILES string of the molecule is OC1(C(CN2CCNCC2)c2cccc(OC(F)(F)F)c2)CCCC1. The van der Waals surface area contributed by atoms with Gasteiger partial charge in [0.05, 0.1) is 5.60 Å². The maximum Gasteiger partial charge on any atom is 0.573 e. The molecule has 1 aliphatic carbocycles. The molecule has 1 aromatic rings. The second kappa shape index (κ2) is 7.51. The lowest BCUT2D eigenvalue weighted by Crippen LogP contribution is -2.48. The molecule has 2 aliphatic rings. The Kier molecular flexibility index (Phi) is 5.55. The lowest BCUT2D eigenvalue weighted by atomic mass is 9.80. The highest BCUT2D eigenvalue weighted by molar-refractivity contribution is 5.33. The number of hydrogen-bond acceptors (Lipinski definition) is 4. The fourth-order valence-corrected chi connectivity index (χ4v) is 4.00. The third kappa shape index (κ3) is 4.86. The van der Waals surface area contributed by atoms with Gasteiger partial charge in [0.15, 0.2) is 0 Å². The summed E-state index contributed by atoms with van der Waals surface area (Å²) in [6.45, 7) is 4.19. The largest absolute Gasteiger partial charge is 0.573 e. The number of hydrogen-bond donors (Lipinski definition) is 2. The topological polar surface area (TPSA) is 44.7 Å². The van der Waals surface area contributed by atoms with Crippen molar-refractivity contribution < 1.29 is 23.0 Å². The van der Waals surface area contributed by atoms with E-state index in [0.29, 0.717) is 24.9 Å². The first-order valence-electron chi connectivity index (χ1n) is 8.87. The molecule has 1 aromatic carbocycles. The van der Waals surface area contributed by atoms with Gasteiger partial charge in [-0.3, -0.25) is 0 Å². The molecular formula is C18H25F3N2O2. The Morgan fingerprint density at radius 3 is 2.52 bits per heavy atom. The van der Waals surface area contributed by atoms with Crippen LogP contribution in [-0.2, 0) is 0 Å². The summed E-state index contributed by atoms with van der Waals surface area (Å²) < 4.78 is 41.7. The van der Waals surface area contributed by atoms with Crippen molar-refractivity contribution in [2.75, 3.05) is 32.7 Å². The first kappa shape index (κ1) is 18.5. The van der Waals surface area contributed by atoms with Crippen molar-refractivity contribution in [3.63, 3.8) is 0 Å². The summed E-state index contributed by atoms with van der Waals surface area (Å²) in [4.78, 5) is 2.27. The van der Waals surface area contributed by atoms with E-state index < -0.39 is 12.0 Å². The van der Waals surface area contributed by atoms with Gasteiger partial charge in [0, 0.05) is 38.6 Å². The summed E-state index contributed by atoms with van der Waals surface area (Å²) in [5.41, 5.74) is -0.147. The van der Waals surface area contributed by atoms with Gasteiger partial charge in [0.2, 0.25) is 0 Å². The van der Waals surface area contributed by atoms with Gasteiger partial charge in [0.1, 0.15) is 5.75 Å². The molecule has 1 saturated heterocycles. The number of piperazine rings is 1. The average Bonchev–Trinajstić information content (AvgIpc) is 3.00. The molecule has 1 atom stereocenters. The van der Waals surface area contributed by atoms with Gasteiger partial charge in [-0.15, -0.1) is 13.2 Å². The fourth-order valence-electron chi connectivity index (χ4n) is 4.00. The summed E-state index contributed by atoms with van der Waals surface area (Å²) in [5.74, 6) is -0.443. The molecule has 0 aromatic heterocycles. The molecular weight excluding hydrogens is 333 g/mol. The predicted octanol–water partition coefficient (Wildman–Crippen LogP) is 2.88. The van der Waals surface area contributed by atoms with E-state index in [1.807, 2.05) is 0 Å². The van der Waals surface area contributed by atoms with Crippen molar-refractivity contribution >= 4 is 0 Å². The van der Waals surface area contributed by atoms with E-state index >= 15 is 0 Å². The predicted molar refractivity (Wildman–Crippen MR) is 88.6 cm³/mol. The molecule has 3 rings (SSSR count). The van der Waals surface area contributed by atoms with Crippen molar-refractivity contribution in [2.24, 2.45) is 0 Å². The first-order chi connectivity index (χ1) is 11.9. The molecule has 2 fully saturated rings. The summed E-state index contributed by atoms with van der Waals surface area (Å²) in [6, 6.07) is 6.10. The summed E-state index contributed by atoms with van der Waals surface area (Å²) in [7, 11) is 0. The minimum absolute atomic E-state index is 0.218. The van der Waals surface area contributed by atoms with Crippen LogP contribution in [0.2, 0.25) is 0 Å². The molecule has 7 heteroatoms. The van der Waals surface area contributed by atoms with Crippen molar-refractivity contribution in [1.82, 2.24) is 10.2 Å². The zero-order valence-electron chi connectivity index (χ0n) is 14.2. The zero-order valence-corrected chi connectivity index (χ0v) is 14.2. The summed E-state index contributed by atoms with van der Waals surface area (Å²) >= 11 is 0.